The zero-order valence-corrected chi connectivity index (χ0v) is 31.6. The molecule has 5 aromatic rings. The van der Waals surface area contributed by atoms with Gasteiger partial charge in [0.05, 0.1) is 46.2 Å². The number of ether oxygens (including phenoxy) is 2. The lowest BCUT2D eigenvalue weighted by Crippen LogP contribution is -2.35. The van der Waals surface area contributed by atoms with Crippen LogP contribution >= 0.6 is 34.8 Å². The summed E-state index contributed by atoms with van der Waals surface area (Å²) >= 11 is 21.1. The van der Waals surface area contributed by atoms with Crippen molar-refractivity contribution < 1.29 is 19.1 Å². The van der Waals surface area contributed by atoms with E-state index in [0.717, 1.165) is 51.6 Å². The van der Waals surface area contributed by atoms with Crippen LogP contribution in [0.25, 0.3) is 44.5 Å². The number of halogens is 3. The molecule has 0 bridgehead atoms. The van der Waals surface area contributed by atoms with Crippen LogP contribution in [-0.2, 0) is 22.7 Å². The van der Waals surface area contributed by atoms with Crippen LogP contribution in [0.4, 0.5) is 0 Å². The molecule has 0 radical (unpaired) electrons. The molecule has 0 saturated carbocycles. The third kappa shape index (κ3) is 7.93. The van der Waals surface area contributed by atoms with E-state index in [1.54, 1.807) is 14.2 Å². The van der Waals surface area contributed by atoms with Gasteiger partial charge in [0.1, 0.15) is 5.75 Å². The first-order chi connectivity index (χ1) is 25.7. The fourth-order valence-electron chi connectivity index (χ4n) is 7.04. The molecule has 2 aromatic heterocycles. The minimum absolute atomic E-state index is 0.0885. The molecular weight excluding hydrogens is 735 g/mol. The van der Waals surface area contributed by atoms with Gasteiger partial charge in [-0.25, -0.2) is 9.97 Å². The number of nitrogens with zero attached hydrogens (tertiary/aromatic N) is 2. The predicted octanol–water partition coefficient (Wildman–Crippen LogP) is 7.34. The first-order valence-electron chi connectivity index (χ1n) is 17.5. The fraction of sp³-hybridized carbons (Fsp3) is 0.300. The molecule has 2 amide bonds. The summed E-state index contributed by atoms with van der Waals surface area (Å²) in [4.78, 5) is 32.9. The summed E-state index contributed by atoms with van der Waals surface area (Å²) in [5, 5.41) is 15.0. The lowest BCUT2D eigenvalue weighted by molar-refractivity contribution is -0.120. The van der Waals surface area contributed by atoms with Crippen LogP contribution in [0.1, 0.15) is 36.8 Å². The number of rotatable bonds is 13. The van der Waals surface area contributed by atoms with Crippen molar-refractivity contribution in [1.29, 1.82) is 0 Å². The molecule has 274 valence electrons. The van der Waals surface area contributed by atoms with Gasteiger partial charge in [0, 0.05) is 89.9 Å². The highest BCUT2D eigenvalue weighted by molar-refractivity contribution is 6.39. The summed E-state index contributed by atoms with van der Waals surface area (Å²) in [6, 6.07) is 21.4. The number of amides is 2. The normalized spacial score (nSPS) is 16.9. The van der Waals surface area contributed by atoms with Gasteiger partial charge in [-0.15, -0.1) is 0 Å². The van der Waals surface area contributed by atoms with Gasteiger partial charge in [-0.05, 0) is 37.1 Å². The van der Waals surface area contributed by atoms with E-state index in [0.29, 0.717) is 82.6 Å². The van der Waals surface area contributed by atoms with Gasteiger partial charge in [-0.2, -0.15) is 0 Å². The number of benzene rings is 3. The third-order valence-corrected chi connectivity index (χ3v) is 10.8. The van der Waals surface area contributed by atoms with Crippen LogP contribution in [0.15, 0.2) is 66.7 Å². The summed E-state index contributed by atoms with van der Waals surface area (Å²) < 4.78 is 11.5. The number of hydrogen-bond donors (Lipinski definition) is 4. The van der Waals surface area contributed by atoms with Crippen LogP contribution in [-0.4, -0.2) is 61.2 Å². The van der Waals surface area contributed by atoms with Gasteiger partial charge in [-0.3, -0.25) is 9.59 Å². The maximum Gasteiger partial charge on any atom is 0.220 e. The van der Waals surface area contributed by atoms with Crippen molar-refractivity contribution in [3.05, 3.63) is 92.9 Å². The molecule has 7 rings (SSSR count). The maximum absolute atomic E-state index is 11.6. The summed E-state index contributed by atoms with van der Waals surface area (Å²) in [7, 11) is 3.23. The molecule has 2 aliphatic heterocycles. The van der Waals surface area contributed by atoms with Crippen LogP contribution in [0.3, 0.4) is 0 Å². The van der Waals surface area contributed by atoms with Crippen molar-refractivity contribution in [3.8, 4) is 45.3 Å². The van der Waals surface area contributed by atoms with Crippen molar-refractivity contribution >= 4 is 57.5 Å². The predicted molar refractivity (Wildman–Crippen MR) is 210 cm³/mol. The minimum Gasteiger partial charge on any atom is -0.496 e. The summed E-state index contributed by atoms with van der Waals surface area (Å²) in [6.07, 6.45) is 2.77. The van der Waals surface area contributed by atoms with E-state index in [-0.39, 0.29) is 23.9 Å². The lowest BCUT2D eigenvalue weighted by Gasteiger charge is -2.17. The number of pyridine rings is 2. The zero-order chi connectivity index (χ0) is 37.1. The standard InChI is InChI=1S/C40H39Cl3N6O4/c1-52-39-23(19-45-21-25-11-16-35(51)47-25)17-31(41)38-30(39)12-14-32(48-38)28-7-3-5-26(36(28)42)27-6-4-8-29(37(27)43)33-13-9-22(40(49-33)53-2)18-44-20-24-10-15-34(50)46-24/h3-9,12-14,17,24-25,44-45H,10-11,15-16,18-21H2,1-2H3,(H,46,50)(H,47,51). The van der Waals surface area contributed by atoms with E-state index in [2.05, 4.69) is 21.3 Å². The number of aromatic nitrogens is 2. The molecule has 2 unspecified atom stereocenters. The van der Waals surface area contributed by atoms with Gasteiger partial charge in [0.2, 0.25) is 17.7 Å². The van der Waals surface area contributed by atoms with Crippen molar-refractivity contribution in [2.45, 2.75) is 50.9 Å². The number of fused-ring (bicyclic) bond motifs is 1. The minimum atomic E-state index is 0.0885. The van der Waals surface area contributed by atoms with Gasteiger partial charge in [0.25, 0.3) is 0 Å². The zero-order valence-electron chi connectivity index (χ0n) is 29.3. The highest BCUT2D eigenvalue weighted by atomic mass is 35.5. The Morgan fingerprint density at radius 3 is 1.79 bits per heavy atom. The first kappa shape index (κ1) is 36.9. The molecule has 0 aliphatic carbocycles. The van der Waals surface area contributed by atoms with Crippen LogP contribution in [0.5, 0.6) is 11.6 Å². The molecule has 53 heavy (non-hydrogen) atoms. The van der Waals surface area contributed by atoms with Gasteiger partial charge in [0.15, 0.2) is 0 Å². The van der Waals surface area contributed by atoms with E-state index < -0.39 is 0 Å². The molecule has 2 saturated heterocycles. The Morgan fingerprint density at radius 1 is 0.698 bits per heavy atom. The molecule has 0 spiro atoms. The molecule has 10 nitrogen and oxygen atoms in total. The topological polar surface area (TPSA) is 126 Å². The Kier molecular flexibility index (Phi) is 11.3. The third-order valence-electron chi connectivity index (χ3n) is 9.72. The molecule has 2 atom stereocenters. The SMILES string of the molecule is COc1nc(-c2cccc(-c3cccc(-c4ccc5c(OC)c(CNCC6CCC(=O)N6)cc(Cl)c5n4)c3Cl)c2Cl)ccc1CNCC1CCC(=O)N1. The molecule has 4 heterocycles. The van der Waals surface area contributed by atoms with E-state index in [1.807, 2.05) is 66.7 Å². The van der Waals surface area contributed by atoms with Crippen molar-refractivity contribution in [3.63, 3.8) is 0 Å². The molecule has 2 fully saturated rings. The number of nitrogens with one attached hydrogen (secondary N) is 4. The Bertz CT molecular complexity index is 2200. The largest absolute Gasteiger partial charge is 0.496 e. The summed E-state index contributed by atoms with van der Waals surface area (Å²) in [5.41, 5.74) is 6.64. The highest BCUT2D eigenvalue weighted by Crippen LogP contribution is 2.43. The van der Waals surface area contributed by atoms with Crippen molar-refractivity contribution in [1.82, 2.24) is 31.2 Å². The van der Waals surface area contributed by atoms with E-state index in [1.165, 1.54) is 0 Å². The second-order valence-electron chi connectivity index (χ2n) is 13.2. The summed E-state index contributed by atoms with van der Waals surface area (Å²) in [5.74, 6) is 1.36. The molecule has 13 heteroatoms. The average molecular weight is 774 g/mol. The highest BCUT2D eigenvalue weighted by Gasteiger charge is 2.23. The number of carbonyl (C=O) groups is 2. The summed E-state index contributed by atoms with van der Waals surface area (Å²) in [6.45, 7) is 2.39. The van der Waals surface area contributed by atoms with E-state index >= 15 is 0 Å². The second kappa shape index (κ2) is 16.3. The monoisotopic (exact) mass is 772 g/mol. The lowest BCUT2D eigenvalue weighted by atomic mass is 9.97. The quantitative estimate of drug-likeness (QED) is 0.0980. The number of methoxy groups -OCH3 is 2. The smallest absolute Gasteiger partial charge is 0.220 e. The first-order valence-corrected chi connectivity index (χ1v) is 18.7. The maximum atomic E-state index is 11.6. The van der Waals surface area contributed by atoms with Gasteiger partial charge in [-0.1, -0.05) is 77.3 Å². The Balaban J connectivity index is 1.13. The van der Waals surface area contributed by atoms with Crippen molar-refractivity contribution in [2.24, 2.45) is 0 Å². The van der Waals surface area contributed by atoms with E-state index in [4.69, 9.17) is 54.2 Å². The van der Waals surface area contributed by atoms with Crippen LogP contribution in [0, 0.1) is 0 Å². The van der Waals surface area contributed by atoms with Gasteiger partial charge >= 0.3 is 0 Å². The Hall–Kier alpha value is -4.45. The van der Waals surface area contributed by atoms with Gasteiger partial charge < -0.3 is 30.7 Å². The Morgan fingerprint density at radius 2 is 1.25 bits per heavy atom. The molecular formula is C40H39Cl3N6O4. The van der Waals surface area contributed by atoms with Crippen LogP contribution < -0.4 is 30.7 Å². The second-order valence-corrected chi connectivity index (χ2v) is 14.4. The number of carbonyl (C=O) groups excluding carboxylic acids is 2. The van der Waals surface area contributed by atoms with Crippen LogP contribution in [0.2, 0.25) is 15.1 Å². The fourth-order valence-corrected chi connectivity index (χ4v) is 7.96. The average Bonchev–Trinajstić information content (AvgIpc) is 3.78. The molecule has 4 N–H and O–H groups in total. The van der Waals surface area contributed by atoms with Crippen molar-refractivity contribution in [2.75, 3.05) is 27.3 Å². The Labute approximate surface area is 322 Å². The molecule has 3 aromatic carbocycles. The number of hydrogen-bond acceptors (Lipinski definition) is 8. The van der Waals surface area contributed by atoms with E-state index in [9.17, 15) is 9.59 Å². The molecule has 2 aliphatic rings.